The normalized spacial score (nSPS) is 22.0. The van der Waals surface area contributed by atoms with Crippen molar-refractivity contribution < 1.29 is 19.1 Å². The van der Waals surface area contributed by atoms with Gasteiger partial charge in [-0.2, -0.15) is 0 Å². The van der Waals surface area contributed by atoms with Gasteiger partial charge in [-0.1, -0.05) is 26.0 Å². The summed E-state index contributed by atoms with van der Waals surface area (Å²) in [4.78, 5) is 44.1. The lowest BCUT2D eigenvalue weighted by molar-refractivity contribution is -0.141. The van der Waals surface area contributed by atoms with E-state index in [9.17, 15) is 14.4 Å². The van der Waals surface area contributed by atoms with Gasteiger partial charge in [0, 0.05) is 44.7 Å². The fourth-order valence-corrected chi connectivity index (χ4v) is 5.11. The molecule has 32 heavy (non-hydrogen) atoms. The number of urea groups is 1. The lowest BCUT2D eigenvalue weighted by atomic mass is 9.86. The van der Waals surface area contributed by atoms with Crippen molar-refractivity contribution in [2.45, 2.75) is 57.7 Å². The minimum absolute atomic E-state index is 0.0579. The topological polar surface area (TPSA) is 82.2 Å². The molecule has 174 valence electrons. The van der Waals surface area contributed by atoms with Gasteiger partial charge in [0.25, 0.3) is 5.91 Å². The highest BCUT2D eigenvalue weighted by Crippen LogP contribution is 2.33. The predicted octanol–water partition coefficient (Wildman–Crippen LogP) is 2.23. The summed E-state index contributed by atoms with van der Waals surface area (Å²) in [5.41, 5.74) is 0.381. The lowest BCUT2D eigenvalue weighted by Crippen LogP contribution is -2.56. The first kappa shape index (κ1) is 22.6. The number of ether oxygens (including phenoxy) is 1. The largest absolute Gasteiger partial charge is 0.497 e. The number of nitrogens with zero attached hydrogens (tertiary/aromatic N) is 3. The first-order chi connectivity index (χ1) is 15.3. The number of rotatable bonds is 5. The second-order valence-electron chi connectivity index (χ2n) is 9.52. The van der Waals surface area contributed by atoms with E-state index in [1.54, 1.807) is 7.11 Å². The number of methoxy groups -OCH3 is 1. The van der Waals surface area contributed by atoms with Crippen LogP contribution in [-0.2, 0) is 16.1 Å². The van der Waals surface area contributed by atoms with Crippen LogP contribution in [0.3, 0.4) is 0 Å². The Hall–Kier alpha value is -2.61. The predicted molar refractivity (Wildman–Crippen MR) is 120 cm³/mol. The number of benzene rings is 1. The standard InChI is InChI=1S/C24H34N4O4/c1-17(2)21(29)27-14-10-24(11-15-27)22(30)28(23(31)25-24)19-8-12-26(13-9-19)16-18-4-6-20(32-3)7-5-18/h4-7,17,19H,8-16H2,1-3H3,(H,25,31). The van der Waals surface area contributed by atoms with E-state index in [0.29, 0.717) is 25.9 Å². The maximum Gasteiger partial charge on any atom is 0.325 e. The number of nitrogens with one attached hydrogen (secondary N) is 1. The highest BCUT2D eigenvalue weighted by atomic mass is 16.5. The molecule has 0 aromatic heterocycles. The molecule has 8 heteroatoms. The van der Waals surface area contributed by atoms with Crippen molar-refractivity contribution in [3.8, 4) is 5.75 Å². The molecule has 3 heterocycles. The highest BCUT2D eigenvalue weighted by Gasteiger charge is 2.54. The summed E-state index contributed by atoms with van der Waals surface area (Å²) in [7, 11) is 1.66. The molecule has 0 saturated carbocycles. The molecule has 1 aromatic rings. The molecule has 0 unspecified atom stereocenters. The van der Waals surface area contributed by atoms with Gasteiger partial charge in [0.1, 0.15) is 11.3 Å². The van der Waals surface area contributed by atoms with E-state index in [-0.39, 0.29) is 29.8 Å². The summed E-state index contributed by atoms with van der Waals surface area (Å²) in [6, 6.07) is 7.74. The van der Waals surface area contributed by atoms with Crippen LogP contribution in [0.15, 0.2) is 24.3 Å². The molecule has 1 N–H and O–H groups in total. The molecule has 3 saturated heterocycles. The molecular weight excluding hydrogens is 408 g/mol. The van der Waals surface area contributed by atoms with Crippen LogP contribution in [0.4, 0.5) is 4.79 Å². The van der Waals surface area contributed by atoms with Gasteiger partial charge in [-0.05, 0) is 43.4 Å². The van der Waals surface area contributed by atoms with Crippen LogP contribution in [0.2, 0.25) is 0 Å². The molecule has 4 amide bonds. The van der Waals surface area contributed by atoms with Gasteiger partial charge >= 0.3 is 6.03 Å². The molecule has 4 rings (SSSR count). The summed E-state index contributed by atoms with van der Waals surface area (Å²) in [6.45, 7) is 7.33. The number of piperidine rings is 2. The molecular formula is C24H34N4O4. The van der Waals surface area contributed by atoms with Crippen molar-refractivity contribution in [3.05, 3.63) is 29.8 Å². The third-order valence-electron chi connectivity index (χ3n) is 7.10. The maximum absolute atomic E-state index is 13.3. The monoisotopic (exact) mass is 442 g/mol. The Morgan fingerprint density at radius 3 is 2.28 bits per heavy atom. The van der Waals surface area contributed by atoms with Gasteiger partial charge in [-0.3, -0.25) is 19.4 Å². The van der Waals surface area contributed by atoms with E-state index >= 15 is 0 Å². The lowest BCUT2D eigenvalue weighted by Gasteiger charge is -2.39. The van der Waals surface area contributed by atoms with Gasteiger partial charge in [-0.15, -0.1) is 0 Å². The average Bonchev–Trinajstić information content (AvgIpc) is 3.04. The molecule has 0 bridgehead atoms. The van der Waals surface area contributed by atoms with Crippen LogP contribution in [-0.4, -0.2) is 77.4 Å². The molecule has 3 aliphatic rings. The fraction of sp³-hybridized carbons (Fsp3) is 0.625. The van der Waals surface area contributed by atoms with E-state index in [2.05, 4.69) is 22.3 Å². The van der Waals surface area contributed by atoms with Crippen molar-refractivity contribution >= 4 is 17.8 Å². The summed E-state index contributed by atoms with van der Waals surface area (Å²) in [5.74, 6) is 0.794. The Morgan fingerprint density at radius 1 is 1.09 bits per heavy atom. The van der Waals surface area contributed by atoms with Crippen molar-refractivity contribution in [2.24, 2.45) is 5.92 Å². The Labute approximate surface area is 189 Å². The van der Waals surface area contributed by atoms with Gasteiger partial charge < -0.3 is 15.0 Å². The molecule has 0 atom stereocenters. The minimum Gasteiger partial charge on any atom is -0.497 e. The van der Waals surface area contributed by atoms with Crippen LogP contribution in [0, 0.1) is 5.92 Å². The Kier molecular flexibility index (Phi) is 6.42. The van der Waals surface area contributed by atoms with E-state index in [1.807, 2.05) is 30.9 Å². The van der Waals surface area contributed by atoms with Gasteiger partial charge in [0.05, 0.1) is 7.11 Å². The number of imide groups is 1. The number of amides is 4. The zero-order valence-electron chi connectivity index (χ0n) is 19.3. The smallest absolute Gasteiger partial charge is 0.325 e. The third kappa shape index (κ3) is 4.33. The van der Waals surface area contributed by atoms with Crippen LogP contribution < -0.4 is 10.1 Å². The fourth-order valence-electron chi connectivity index (χ4n) is 5.11. The highest BCUT2D eigenvalue weighted by molar-refractivity contribution is 6.07. The van der Waals surface area contributed by atoms with Crippen molar-refractivity contribution in [2.75, 3.05) is 33.3 Å². The minimum atomic E-state index is -0.842. The zero-order valence-corrected chi connectivity index (χ0v) is 19.3. The van der Waals surface area contributed by atoms with E-state index < -0.39 is 5.54 Å². The number of carbonyl (C=O) groups is 3. The van der Waals surface area contributed by atoms with Gasteiger partial charge in [0.2, 0.25) is 5.91 Å². The summed E-state index contributed by atoms with van der Waals surface area (Å²) in [5, 5.41) is 2.99. The Balaban J connectivity index is 1.32. The Morgan fingerprint density at radius 2 is 1.72 bits per heavy atom. The first-order valence-corrected chi connectivity index (χ1v) is 11.6. The quantitative estimate of drug-likeness (QED) is 0.708. The molecule has 3 fully saturated rings. The van der Waals surface area contributed by atoms with Gasteiger partial charge in [-0.25, -0.2) is 4.79 Å². The van der Waals surface area contributed by atoms with E-state index in [4.69, 9.17) is 4.74 Å². The number of hydrogen-bond donors (Lipinski definition) is 1. The average molecular weight is 443 g/mol. The third-order valence-corrected chi connectivity index (χ3v) is 7.10. The molecule has 1 spiro atoms. The molecule has 8 nitrogen and oxygen atoms in total. The van der Waals surface area contributed by atoms with Crippen molar-refractivity contribution in [1.29, 1.82) is 0 Å². The number of hydrogen-bond acceptors (Lipinski definition) is 5. The zero-order chi connectivity index (χ0) is 22.9. The second kappa shape index (κ2) is 9.10. The van der Waals surface area contributed by atoms with Crippen LogP contribution in [0.5, 0.6) is 5.75 Å². The van der Waals surface area contributed by atoms with Crippen LogP contribution in [0.25, 0.3) is 0 Å². The van der Waals surface area contributed by atoms with E-state index in [0.717, 1.165) is 38.2 Å². The summed E-state index contributed by atoms with van der Waals surface area (Å²) in [6.07, 6.45) is 2.54. The maximum atomic E-state index is 13.3. The number of carbonyl (C=O) groups excluding carboxylic acids is 3. The molecule has 1 aromatic carbocycles. The molecule has 0 aliphatic carbocycles. The summed E-state index contributed by atoms with van der Waals surface area (Å²) < 4.78 is 5.22. The van der Waals surface area contributed by atoms with Crippen molar-refractivity contribution in [3.63, 3.8) is 0 Å². The van der Waals surface area contributed by atoms with E-state index in [1.165, 1.54) is 10.5 Å². The molecule has 0 radical (unpaired) electrons. The Bertz CT molecular complexity index is 853. The van der Waals surface area contributed by atoms with Crippen molar-refractivity contribution in [1.82, 2.24) is 20.0 Å². The number of likely N-dealkylation sites (tertiary alicyclic amines) is 2. The summed E-state index contributed by atoms with van der Waals surface area (Å²) >= 11 is 0. The second-order valence-corrected chi connectivity index (χ2v) is 9.52. The van der Waals surface area contributed by atoms with Crippen LogP contribution >= 0.6 is 0 Å². The van der Waals surface area contributed by atoms with Crippen LogP contribution in [0.1, 0.15) is 45.1 Å². The first-order valence-electron chi connectivity index (χ1n) is 11.6. The van der Waals surface area contributed by atoms with Gasteiger partial charge in [0.15, 0.2) is 0 Å². The SMILES string of the molecule is COc1ccc(CN2CCC(N3C(=O)NC4(CCN(C(=O)C(C)C)CC4)C3=O)CC2)cc1. The molecule has 3 aliphatic heterocycles.